The third-order valence-electron chi connectivity index (χ3n) is 4.91. The molecule has 0 fully saturated rings. The van der Waals surface area contributed by atoms with Gasteiger partial charge in [-0.25, -0.2) is 4.98 Å². The van der Waals surface area contributed by atoms with E-state index >= 15 is 0 Å². The normalized spacial score (nSPS) is 18.7. The van der Waals surface area contributed by atoms with Gasteiger partial charge in [0.05, 0.1) is 0 Å². The summed E-state index contributed by atoms with van der Waals surface area (Å²) in [6, 6.07) is 9.10. The van der Waals surface area contributed by atoms with E-state index in [0.29, 0.717) is 23.8 Å². The molecule has 1 aliphatic heterocycles. The van der Waals surface area contributed by atoms with Crippen LogP contribution in [0, 0.1) is 13.8 Å². The van der Waals surface area contributed by atoms with Crippen molar-refractivity contribution in [2.45, 2.75) is 46.1 Å². The summed E-state index contributed by atoms with van der Waals surface area (Å²) in [6.07, 6.45) is 3.36. The number of aromatic nitrogens is 1. The van der Waals surface area contributed by atoms with Crippen molar-refractivity contribution in [1.29, 1.82) is 0 Å². The van der Waals surface area contributed by atoms with E-state index in [1.165, 1.54) is 6.92 Å². The lowest BCUT2D eigenvalue weighted by Gasteiger charge is -2.38. The Labute approximate surface area is 159 Å². The molecule has 27 heavy (non-hydrogen) atoms. The van der Waals surface area contributed by atoms with Gasteiger partial charge in [0.2, 0.25) is 0 Å². The summed E-state index contributed by atoms with van der Waals surface area (Å²) in [5.41, 5.74) is 1.18. The number of ether oxygens (including phenoxy) is 1. The van der Waals surface area contributed by atoms with Gasteiger partial charge in [0.15, 0.2) is 11.6 Å². The quantitative estimate of drug-likeness (QED) is 0.820. The molecule has 6 nitrogen and oxygen atoms in total. The maximum atomic E-state index is 13.2. The molecule has 0 saturated carbocycles. The molecule has 1 aliphatic rings. The molecule has 0 aliphatic carbocycles. The first-order chi connectivity index (χ1) is 12.9. The van der Waals surface area contributed by atoms with Gasteiger partial charge in [0.25, 0.3) is 17.4 Å². The van der Waals surface area contributed by atoms with Crippen molar-refractivity contribution in [3.05, 3.63) is 47.7 Å². The summed E-state index contributed by atoms with van der Waals surface area (Å²) in [7, 11) is 0. The number of carbonyl (C=O) groups is 2. The molecule has 2 aromatic rings. The lowest BCUT2D eigenvalue weighted by atomic mass is 10.00. The van der Waals surface area contributed by atoms with Crippen molar-refractivity contribution in [3.63, 3.8) is 0 Å². The molecule has 1 atom stereocenters. The van der Waals surface area contributed by atoms with Crippen LogP contribution in [0.1, 0.15) is 37.8 Å². The number of nitrogens with one attached hydrogen (secondary N) is 1. The van der Waals surface area contributed by atoms with Crippen LogP contribution in [0.5, 0.6) is 5.75 Å². The predicted octanol–water partition coefficient (Wildman–Crippen LogP) is 3.62. The molecular formula is C21H25N3O3. The highest BCUT2D eigenvalue weighted by atomic mass is 16.5. The van der Waals surface area contributed by atoms with Crippen molar-refractivity contribution in [3.8, 4) is 5.75 Å². The fourth-order valence-corrected chi connectivity index (χ4v) is 3.02. The molecule has 1 unspecified atom stereocenters. The SMILES string of the molecule is CCCCN1C(=O)C(C)(C(=O)Nc2ccc(C)c(C)c2)Oc2cccnc21. The molecule has 0 bridgehead atoms. The Morgan fingerprint density at radius 1 is 1.26 bits per heavy atom. The predicted molar refractivity (Wildman–Crippen MR) is 105 cm³/mol. The van der Waals surface area contributed by atoms with Crippen LogP contribution in [-0.4, -0.2) is 28.9 Å². The van der Waals surface area contributed by atoms with E-state index in [2.05, 4.69) is 17.2 Å². The van der Waals surface area contributed by atoms with Crippen molar-refractivity contribution < 1.29 is 14.3 Å². The van der Waals surface area contributed by atoms with Gasteiger partial charge in [-0.15, -0.1) is 0 Å². The largest absolute Gasteiger partial charge is 0.464 e. The second kappa shape index (κ2) is 7.39. The Hall–Kier alpha value is -2.89. The Morgan fingerprint density at radius 2 is 2.04 bits per heavy atom. The number of pyridine rings is 1. The van der Waals surface area contributed by atoms with Crippen molar-refractivity contribution in [2.75, 3.05) is 16.8 Å². The molecule has 0 spiro atoms. The minimum atomic E-state index is -1.65. The highest BCUT2D eigenvalue weighted by Gasteiger charge is 2.51. The molecule has 2 heterocycles. The zero-order valence-electron chi connectivity index (χ0n) is 16.2. The third kappa shape index (κ3) is 3.52. The number of nitrogens with zero attached hydrogens (tertiary/aromatic N) is 2. The summed E-state index contributed by atoms with van der Waals surface area (Å²) in [4.78, 5) is 32.0. The molecule has 142 valence electrons. The van der Waals surface area contributed by atoms with Crippen LogP contribution in [0.4, 0.5) is 11.5 Å². The van der Waals surface area contributed by atoms with Crippen LogP contribution in [0.15, 0.2) is 36.5 Å². The lowest BCUT2D eigenvalue weighted by Crippen LogP contribution is -2.61. The first kappa shape index (κ1) is 18.9. The smallest absolute Gasteiger partial charge is 0.282 e. The first-order valence-electron chi connectivity index (χ1n) is 9.21. The molecule has 0 saturated heterocycles. The topological polar surface area (TPSA) is 71.5 Å². The van der Waals surface area contributed by atoms with Gasteiger partial charge in [-0.2, -0.15) is 0 Å². The van der Waals surface area contributed by atoms with E-state index < -0.39 is 17.4 Å². The Balaban J connectivity index is 1.92. The molecule has 2 amide bonds. The van der Waals surface area contributed by atoms with Crippen molar-refractivity contribution in [2.24, 2.45) is 0 Å². The van der Waals surface area contributed by atoms with Crippen LogP contribution in [0.3, 0.4) is 0 Å². The Bertz CT molecular complexity index is 881. The number of carbonyl (C=O) groups excluding carboxylic acids is 2. The average Bonchev–Trinajstić information content (AvgIpc) is 2.65. The number of amides is 2. The van der Waals surface area contributed by atoms with Gasteiger partial charge in [-0.05, 0) is 62.6 Å². The Morgan fingerprint density at radius 3 is 2.74 bits per heavy atom. The molecule has 6 heteroatoms. The van der Waals surface area contributed by atoms with E-state index in [4.69, 9.17) is 4.74 Å². The summed E-state index contributed by atoms with van der Waals surface area (Å²) in [5, 5.41) is 2.83. The number of aryl methyl sites for hydroxylation is 2. The van der Waals surface area contributed by atoms with E-state index in [0.717, 1.165) is 24.0 Å². The van der Waals surface area contributed by atoms with Crippen LogP contribution in [-0.2, 0) is 9.59 Å². The van der Waals surface area contributed by atoms with Crippen LogP contribution < -0.4 is 15.0 Å². The van der Waals surface area contributed by atoms with E-state index in [1.807, 2.05) is 32.0 Å². The number of anilines is 2. The number of unbranched alkanes of at least 4 members (excludes halogenated alkanes) is 1. The van der Waals surface area contributed by atoms with Crippen LogP contribution >= 0.6 is 0 Å². The van der Waals surface area contributed by atoms with Gasteiger partial charge in [-0.1, -0.05) is 19.4 Å². The standard InChI is InChI=1S/C21H25N3O3/c1-5-6-12-24-18-17(8-7-11-22-18)27-21(4,20(24)26)19(25)23-16-10-9-14(2)15(3)13-16/h7-11,13H,5-6,12H2,1-4H3,(H,23,25). The number of hydrogen-bond acceptors (Lipinski definition) is 4. The lowest BCUT2D eigenvalue weighted by molar-refractivity contribution is -0.145. The van der Waals surface area contributed by atoms with Gasteiger partial charge in [0.1, 0.15) is 0 Å². The van der Waals surface area contributed by atoms with E-state index in [-0.39, 0.29) is 0 Å². The maximum absolute atomic E-state index is 13.2. The van der Waals surface area contributed by atoms with Gasteiger partial charge < -0.3 is 10.1 Å². The van der Waals surface area contributed by atoms with Crippen LogP contribution in [0.2, 0.25) is 0 Å². The monoisotopic (exact) mass is 367 g/mol. The van der Waals surface area contributed by atoms with Crippen LogP contribution in [0.25, 0.3) is 0 Å². The molecule has 3 rings (SSSR count). The van der Waals surface area contributed by atoms with Gasteiger partial charge >= 0.3 is 0 Å². The number of rotatable bonds is 5. The Kier molecular flexibility index (Phi) is 5.17. The number of hydrogen-bond donors (Lipinski definition) is 1. The second-order valence-electron chi connectivity index (χ2n) is 7.02. The summed E-state index contributed by atoms with van der Waals surface area (Å²) in [6.45, 7) is 8.04. The fraction of sp³-hybridized carbons (Fsp3) is 0.381. The molecule has 1 aromatic heterocycles. The maximum Gasteiger partial charge on any atom is 0.282 e. The van der Waals surface area contributed by atoms with Crippen molar-refractivity contribution >= 4 is 23.3 Å². The third-order valence-corrected chi connectivity index (χ3v) is 4.91. The average molecular weight is 367 g/mol. The molecule has 0 radical (unpaired) electrons. The fourth-order valence-electron chi connectivity index (χ4n) is 3.02. The molecule has 1 aromatic carbocycles. The number of fused-ring (bicyclic) bond motifs is 1. The molecular weight excluding hydrogens is 342 g/mol. The second-order valence-corrected chi connectivity index (χ2v) is 7.02. The number of benzene rings is 1. The zero-order chi connectivity index (χ0) is 19.6. The molecule has 1 N–H and O–H groups in total. The van der Waals surface area contributed by atoms with Crippen molar-refractivity contribution in [1.82, 2.24) is 4.98 Å². The van der Waals surface area contributed by atoms with Gasteiger partial charge in [-0.3, -0.25) is 14.5 Å². The highest BCUT2D eigenvalue weighted by Crippen LogP contribution is 2.36. The summed E-state index contributed by atoms with van der Waals surface area (Å²) in [5.74, 6) is 0.00795. The first-order valence-corrected chi connectivity index (χ1v) is 9.21. The van der Waals surface area contributed by atoms with E-state index in [1.54, 1.807) is 23.2 Å². The van der Waals surface area contributed by atoms with E-state index in [9.17, 15) is 9.59 Å². The highest BCUT2D eigenvalue weighted by molar-refractivity contribution is 6.19. The minimum Gasteiger partial charge on any atom is -0.464 e. The minimum absolute atomic E-state index is 0.400. The summed E-state index contributed by atoms with van der Waals surface area (Å²) >= 11 is 0. The van der Waals surface area contributed by atoms with Gasteiger partial charge in [0, 0.05) is 18.4 Å². The zero-order valence-corrected chi connectivity index (χ0v) is 16.2. The summed E-state index contributed by atoms with van der Waals surface area (Å²) < 4.78 is 5.86.